The highest BCUT2D eigenvalue weighted by Gasteiger charge is 2.22. The molecule has 26 heavy (non-hydrogen) atoms. The van der Waals surface area contributed by atoms with Gasteiger partial charge in [0.1, 0.15) is 19.3 Å². The Morgan fingerprint density at radius 2 is 1.81 bits per heavy atom. The summed E-state index contributed by atoms with van der Waals surface area (Å²) in [6.07, 6.45) is 0.335. The zero-order valence-electron chi connectivity index (χ0n) is 14.4. The van der Waals surface area contributed by atoms with Gasteiger partial charge in [0.15, 0.2) is 11.5 Å². The Morgan fingerprint density at radius 1 is 1.08 bits per heavy atom. The molecule has 0 aromatic heterocycles. The summed E-state index contributed by atoms with van der Waals surface area (Å²) < 4.78 is 15.7. The highest BCUT2D eigenvalue weighted by Crippen LogP contribution is 2.32. The minimum absolute atomic E-state index is 0.335. The van der Waals surface area contributed by atoms with E-state index in [1.807, 2.05) is 30.3 Å². The Bertz CT molecular complexity index is 779. The summed E-state index contributed by atoms with van der Waals surface area (Å²) in [6, 6.07) is 13.2. The van der Waals surface area contributed by atoms with E-state index in [0.29, 0.717) is 36.8 Å². The first-order valence-corrected chi connectivity index (χ1v) is 8.24. The molecule has 7 heteroatoms. The number of amides is 2. The molecule has 0 aliphatic carbocycles. The third-order valence-corrected chi connectivity index (χ3v) is 3.87. The van der Waals surface area contributed by atoms with E-state index in [2.05, 4.69) is 10.6 Å². The first-order valence-electron chi connectivity index (χ1n) is 8.24. The minimum Gasteiger partial charge on any atom is -0.486 e. The number of esters is 1. The second kappa shape index (κ2) is 8.24. The smallest absolute Gasteiger partial charge is 0.328 e. The number of rotatable bonds is 5. The predicted octanol–water partition coefficient (Wildman–Crippen LogP) is 2.36. The van der Waals surface area contributed by atoms with Crippen LogP contribution in [0.1, 0.15) is 5.56 Å². The number of anilines is 1. The maximum absolute atomic E-state index is 12.3. The molecule has 0 radical (unpaired) electrons. The average molecular weight is 356 g/mol. The predicted molar refractivity (Wildman–Crippen MR) is 95.5 cm³/mol. The number of carbonyl (C=O) groups excluding carboxylic acids is 2. The van der Waals surface area contributed by atoms with Crippen LogP contribution in [-0.4, -0.2) is 38.4 Å². The van der Waals surface area contributed by atoms with Gasteiger partial charge in [0.2, 0.25) is 0 Å². The van der Waals surface area contributed by atoms with Gasteiger partial charge in [-0.05, 0) is 17.7 Å². The fourth-order valence-electron chi connectivity index (χ4n) is 2.63. The van der Waals surface area contributed by atoms with Gasteiger partial charge in [-0.25, -0.2) is 9.59 Å². The maximum Gasteiger partial charge on any atom is 0.328 e. The number of nitrogens with one attached hydrogen (secondary N) is 2. The summed E-state index contributed by atoms with van der Waals surface area (Å²) in [5, 5.41) is 5.34. The summed E-state index contributed by atoms with van der Waals surface area (Å²) in [6.45, 7) is 0.963. The van der Waals surface area contributed by atoms with Crippen molar-refractivity contribution in [3.05, 3.63) is 54.1 Å². The number of methoxy groups -OCH3 is 1. The fraction of sp³-hybridized carbons (Fsp3) is 0.263. The molecule has 1 atom stereocenters. The maximum atomic E-state index is 12.3. The monoisotopic (exact) mass is 356 g/mol. The van der Waals surface area contributed by atoms with E-state index < -0.39 is 18.0 Å². The zero-order valence-corrected chi connectivity index (χ0v) is 14.4. The lowest BCUT2D eigenvalue weighted by Crippen LogP contribution is -2.45. The number of carbonyl (C=O) groups is 2. The van der Waals surface area contributed by atoms with Crippen LogP contribution >= 0.6 is 0 Å². The van der Waals surface area contributed by atoms with E-state index in [1.54, 1.807) is 18.2 Å². The van der Waals surface area contributed by atoms with Crippen molar-refractivity contribution in [2.75, 3.05) is 25.6 Å². The molecule has 0 spiro atoms. The molecule has 1 aliphatic heterocycles. The quantitative estimate of drug-likeness (QED) is 0.804. The lowest BCUT2D eigenvalue weighted by atomic mass is 10.1. The van der Waals surface area contributed by atoms with Crippen molar-refractivity contribution >= 4 is 17.7 Å². The Balaban J connectivity index is 1.65. The first kappa shape index (κ1) is 17.6. The van der Waals surface area contributed by atoms with E-state index >= 15 is 0 Å². The molecule has 0 saturated carbocycles. The molecule has 3 rings (SSSR count). The van der Waals surface area contributed by atoms with Crippen LogP contribution < -0.4 is 20.1 Å². The van der Waals surface area contributed by atoms with Crippen LogP contribution in [0.3, 0.4) is 0 Å². The lowest BCUT2D eigenvalue weighted by Gasteiger charge is -2.20. The topological polar surface area (TPSA) is 85.9 Å². The summed E-state index contributed by atoms with van der Waals surface area (Å²) in [7, 11) is 1.29. The molecule has 7 nitrogen and oxygen atoms in total. The molecule has 0 bridgehead atoms. The average Bonchev–Trinajstić information content (AvgIpc) is 2.67. The second-order valence-corrected chi connectivity index (χ2v) is 5.72. The van der Waals surface area contributed by atoms with Crippen molar-refractivity contribution < 1.29 is 23.8 Å². The summed E-state index contributed by atoms with van der Waals surface area (Å²) >= 11 is 0. The largest absolute Gasteiger partial charge is 0.486 e. The SMILES string of the molecule is COC(=O)[C@@H](Cc1ccccc1)NC(=O)Nc1ccc2c(c1)OCCO2. The molecule has 2 N–H and O–H groups in total. The molecule has 0 fully saturated rings. The lowest BCUT2D eigenvalue weighted by molar-refractivity contribution is -0.142. The zero-order chi connectivity index (χ0) is 18.4. The van der Waals surface area contributed by atoms with Gasteiger partial charge in [0, 0.05) is 18.2 Å². The van der Waals surface area contributed by atoms with Gasteiger partial charge in [0.25, 0.3) is 0 Å². The van der Waals surface area contributed by atoms with Crippen LogP contribution in [0.25, 0.3) is 0 Å². The van der Waals surface area contributed by atoms with Crippen LogP contribution in [0.5, 0.6) is 11.5 Å². The van der Waals surface area contributed by atoms with Crippen molar-refractivity contribution in [2.45, 2.75) is 12.5 Å². The third-order valence-electron chi connectivity index (χ3n) is 3.87. The molecule has 2 amide bonds. The molecule has 0 saturated heterocycles. The molecule has 1 heterocycles. The van der Waals surface area contributed by atoms with Crippen molar-refractivity contribution in [1.82, 2.24) is 5.32 Å². The molecule has 1 aliphatic rings. The van der Waals surface area contributed by atoms with Gasteiger partial charge in [-0.15, -0.1) is 0 Å². The van der Waals surface area contributed by atoms with Crippen LogP contribution in [-0.2, 0) is 16.0 Å². The summed E-state index contributed by atoms with van der Waals surface area (Å²) in [5.74, 6) is 0.702. The summed E-state index contributed by atoms with van der Waals surface area (Å²) in [4.78, 5) is 24.3. The van der Waals surface area contributed by atoms with Gasteiger partial charge < -0.3 is 24.8 Å². The van der Waals surface area contributed by atoms with Crippen LogP contribution in [0.4, 0.5) is 10.5 Å². The van der Waals surface area contributed by atoms with Gasteiger partial charge in [0.05, 0.1) is 7.11 Å². The molecule has 2 aromatic rings. The van der Waals surface area contributed by atoms with Crippen LogP contribution in [0, 0.1) is 0 Å². The van der Waals surface area contributed by atoms with E-state index in [0.717, 1.165) is 5.56 Å². The number of hydrogen-bond acceptors (Lipinski definition) is 5. The van der Waals surface area contributed by atoms with Crippen molar-refractivity contribution in [2.24, 2.45) is 0 Å². The highest BCUT2D eigenvalue weighted by atomic mass is 16.6. The molecular weight excluding hydrogens is 336 g/mol. The minimum atomic E-state index is -0.792. The Morgan fingerprint density at radius 3 is 2.54 bits per heavy atom. The van der Waals surface area contributed by atoms with Gasteiger partial charge >= 0.3 is 12.0 Å². The van der Waals surface area contributed by atoms with E-state index in [1.165, 1.54) is 7.11 Å². The Labute approximate surface area is 151 Å². The van der Waals surface area contributed by atoms with Gasteiger partial charge in [-0.1, -0.05) is 30.3 Å². The van der Waals surface area contributed by atoms with Crippen LogP contribution in [0.2, 0.25) is 0 Å². The molecule has 136 valence electrons. The number of hydrogen-bond donors (Lipinski definition) is 2. The summed E-state index contributed by atoms with van der Waals surface area (Å²) in [5.41, 5.74) is 1.46. The van der Waals surface area contributed by atoms with Crippen molar-refractivity contribution in [3.63, 3.8) is 0 Å². The van der Waals surface area contributed by atoms with Gasteiger partial charge in [-0.2, -0.15) is 0 Å². The molecular formula is C19H20N2O5. The van der Waals surface area contributed by atoms with E-state index in [-0.39, 0.29) is 0 Å². The normalized spacial score (nSPS) is 13.4. The Kier molecular flexibility index (Phi) is 5.58. The van der Waals surface area contributed by atoms with Crippen molar-refractivity contribution in [3.8, 4) is 11.5 Å². The number of fused-ring (bicyclic) bond motifs is 1. The van der Waals surface area contributed by atoms with Gasteiger partial charge in [-0.3, -0.25) is 0 Å². The first-order chi connectivity index (χ1) is 12.7. The Hall–Kier alpha value is -3.22. The standard InChI is InChI=1S/C19H20N2O5/c1-24-18(22)15(11-13-5-3-2-4-6-13)21-19(23)20-14-7-8-16-17(12-14)26-10-9-25-16/h2-8,12,15H,9-11H2,1H3,(H2,20,21,23)/t15-/m1/s1. The third kappa shape index (κ3) is 4.44. The van der Waals surface area contributed by atoms with E-state index in [9.17, 15) is 9.59 Å². The van der Waals surface area contributed by atoms with Crippen LogP contribution in [0.15, 0.2) is 48.5 Å². The number of urea groups is 1. The van der Waals surface area contributed by atoms with E-state index in [4.69, 9.17) is 14.2 Å². The second-order valence-electron chi connectivity index (χ2n) is 5.72. The number of ether oxygens (including phenoxy) is 3. The fourth-order valence-corrected chi connectivity index (χ4v) is 2.63. The van der Waals surface area contributed by atoms with Crippen molar-refractivity contribution in [1.29, 1.82) is 0 Å². The number of benzene rings is 2. The highest BCUT2D eigenvalue weighted by molar-refractivity contribution is 5.93. The molecule has 2 aromatic carbocycles. The molecule has 0 unspecified atom stereocenters.